The van der Waals surface area contributed by atoms with E-state index in [1.807, 2.05) is 0 Å². The van der Waals surface area contributed by atoms with E-state index >= 15 is 0 Å². The second kappa shape index (κ2) is 3.17. The van der Waals surface area contributed by atoms with Gasteiger partial charge in [-0.05, 0) is 19.4 Å². The molecule has 0 spiro atoms. The van der Waals surface area contributed by atoms with Gasteiger partial charge in [0.25, 0.3) is 0 Å². The highest BCUT2D eigenvalue weighted by Crippen LogP contribution is 2.37. The fraction of sp³-hybridized carbons (Fsp3) is 0.857. The lowest BCUT2D eigenvalue weighted by Crippen LogP contribution is -2.58. The van der Waals surface area contributed by atoms with Crippen molar-refractivity contribution in [3.8, 4) is 0 Å². The number of carboxylic acid groups (broad SMARTS) is 1. The SMILES string of the molecule is O=C(O)C(F)(F)C1(F)CCCNC1. The minimum absolute atomic E-state index is 0.222. The van der Waals surface area contributed by atoms with Crippen LogP contribution in [0.15, 0.2) is 0 Å². The largest absolute Gasteiger partial charge is 0.477 e. The van der Waals surface area contributed by atoms with Crippen molar-refractivity contribution in [1.82, 2.24) is 5.32 Å². The van der Waals surface area contributed by atoms with Gasteiger partial charge >= 0.3 is 11.9 Å². The van der Waals surface area contributed by atoms with Crippen LogP contribution >= 0.6 is 0 Å². The third kappa shape index (κ3) is 1.63. The highest BCUT2D eigenvalue weighted by Gasteiger charge is 2.60. The molecule has 1 aliphatic heterocycles. The van der Waals surface area contributed by atoms with Crippen molar-refractivity contribution in [2.24, 2.45) is 0 Å². The van der Waals surface area contributed by atoms with Crippen molar-refractivity contribution < 1.29 is 23.1 Å². The van der Waals surface area contributed by atoms with Gasteiger partial charge in [0.1, 0.15) is 0 Å². The molecule has 1 fully saturated rings. The third-order valence-electron chi connectivity index (χ3n) is 2.16. The Morgan fingerprint density at radius 3 is 2.54 bits per heavy atom. The topological polar surface area (TPSA) is 49.3 Å². The first-order chi connectivity index (χ1) is 5.90. The summed E-state index contributed by atoms with van der Waals surface area (Å²) in [4.78, 5) is 10.1. The quantitative estimate of drug-likeness (QED) is 0.688. The van der Waals surface area contributed by atoms with Crippen LogP contribution in [0.5, 0.6) is 0 Å². The maximum absolute atomic E-state index is 13.4. The Morgan fingerprint density at radius 1 is 1.54 bits per heavy atom. The minimum Gasteiger partial charge on any atom is -0.477 e. The van der Waals surface area contributed by atoms with Gasteiger partial charge in [0.15, 0.2) is 5.67 Å². The van der Waals surface area contributed by atoms with E-state index in [2.05, 4.69) is 5.32 Å². The van der Waals surface area contributed by atoms with Crippen LogP contribution in [0.2, 0.25) is 0 Å². The molecule has 0 radical (unpaired) electrons. The molecule has 0 amide bonds. The number of rotatable bonds is 2. The number of piperidine rings is 1. The lowest BCUT2D eigenvalue weighted by atomic mass is 9.89. The maximum Gasteiger partial charge on any atom is 0.378 e. The van der Waals surface area contributed by atoms with Gasteiger partial charge in [0, 0.05) is 6.54 Å². The highest BCUT2D eigenvalue weighted by atomic mass is 19.3. The van der Waals surface area contributed by atoms with Crippen molar-refractivity contribution in [2.75, 3.05) is 13.1 Å². The molecule has 2 N–H and O–H groups in total. The van der Waals surface area contributed by atoms with E-state index in [-0.39, 0.29) is 6.42 Å². The van der Waals surface area contributed by atoms with Crippen molar-refractivity contribution in [2.45, 2.75) is 24.4 Å². The van der Waals surface area contributed by atoms with Gasteiger partial charge in [-0.25, -0.2) is 9.18 Å². The smallest absolute Gasteiger partial charge is 0.378 e. The molecule has 0 aromatic carbocycles. The molecule has 1 rings (SSSR count). The zero-order valence-electron chi connectivity index (χ0n) is 6.82. The van der Waals surface area contributed by atoms with E-state index in [0.29, 0.717) is 6.54 Å². The Hall–Kier alpha value is -0.780. The van der Waals surface area contributed by atoms with Gasteiger partial charge in [-0.1, -0.05) is 0 Å². The van der Waals surface area contributed by atoms with Crippen LogP contribution in [0.25, 0.3) is 0 Å². The van der Waals surface area contributed by atoms with Crippen LogP contribution in [-0.2, 0) is 4.79 Å². The lowest BCUT2D eigenvalue weighted by molar-refractivity contribution is -0.194. The van der Waals surface area contributed by atoms with E-state index in [9.17, 15) is 18.0 Å². The molecule has 3 nitrogen and oxygen atoms in total. The van der Waals surface area contributed by atoms with Crippen molar-refractivity contribution in [3.63, 3.8) is 0 Å². The molecule has 13 heavy (non-hydrogen) atoms. The van der Waals surface area contributed by atoms with Crippen LogP contribution in [0, 0.1) is 0 Å². The maximum atomic E-state index is 13.4. The fourth-order valence-corrected chi connectivity index (χ4v) is 1.33. The summed E-state index contributed by atoms with van der Waals surface area (Å²) in [5.41, 5.74) is -2.95. The van der Waals surface area contributed by atoms with Gasteiger partial charge in [0.2, 0.25) is 0 Å². The molecular formula is C7H10F3NO2. The number of nitrogens with one attached hydrogen (secondary N) is 1. The first-order valence-corrected chi connectivity index (χ1v) is 3.91. The number of aliphatic carboxylic acids is 1. The molecule has 6 heteroatoms. The second-order valence-electron chi connectivity index (χ2n) is 3.13. The van der Waals surface area contributed by atoms with Crippen LogP contribution in [0.3, 0.4) is 0 Å². The van der Waals surface area contributed by atoms with Crippen molar-refractivity contribution in [3.05, 3.63) is 0 Å². The van der Waals surface area contributed by atoms with Crippen LogP contribution in [-0.4, -0.2) is 35.8 Å². The number of hydrogen-bond donors (Lipinski definition) is 2. The normalized spacial score (nSPS) is 30.1. The summed E-state index contributed by atoms with van der Waals surface area (Å²) in [6.45, 7) is -0.159. The Morgan fingerprint density at radius 2 is 2.15 bits per heavy atom. The monoisotopic (exact) mass is 197 g/mol. The number of alkyl halides is 3. The molecular weight excluding hydrogens is 187 g/mol. The first-order valence-electron chi connectivity index (χ1n) is 3.91. The van der Waals surface area contributed by atoms with E-state index in [4.69, 9.17) is 5.11 Å². The zero-order valence-corrected chi connectivity index (χ0v) is 6.82. The van der Waals surface area contributed by atoms with Crippen molar-refractivity contribution in [1.29, 1.82) is 0 Å². The van der Waals surface area contributed by atoms with Gasteiger partial charge < -0.3 is 10.4 Å². The van der Waals surface area contributed by atoms with E-state index in [0.717, 1.165) is 0 Å². The Kier molecular flexibility index (Phi) is 2.51. The molecule has 0 saturated carbocycles. The number of hydrogen-bond acceptors (Lipinski definition) is 2. The summed E-state index contributed by atoms with van der Waals surface area (Å²) in [5, 5.41) is 10.6. The first kappa shape index (κ1) is 10.3. The summed E-state index contributed by atoms with van der Waals surface area (Å²) in [6, 6.07) is 0. The molecule has 0 aromatic rings. The van der Waals surface area contributed by atoms with E-state index in [1.165, 1.54) is 0 Å². The number of carboxylic acids is 1. The molecule has 1 atom stereocenters. The summed E-state index contributed by atoms with van der Waals surface area (Å²) in [6.07, 6.45) is -0.196. The highest BCUT2D eigenvalue weighted by molar-refractivity contribution is 5.77. The van der Waals surface area contributed by atoms with Crippen molar-refractivity contribution >= 4 is 5.97 Å². The molecule has 1 unspecified atom stereocenters. The zero-order chi connectivity index (χ0) is 10.1. The summed E-state index contributed by atoms with van der Waals surface area (Å²) in [5.74, 6) is -6.71. The molecule has 76 valence electrons. The molecule has 1 heterocycles. The van der Waals surface area contributed by atoms with Gasteiger partial charge in [-0.15, -0.1) is 0 Å². The predicted molar refractivity (Wildman–Crippen MR) is 38.5 cm³/mol. The molecule has 0 bridgehead atoms. The predicted octanol–water partition coefficient (Wildman–Crippen LogP) is 0.798. The van der Waals surface area contributed by atoms with Gasteiger partial charge in [-0.2, -0.15) is 8.78 Å². The fourth-order valence-electron chi connectivity index (χ4n) is 1.33. The Labute approximate surface area is 72.9 Å². The van der Waals surface area contributed by atoms with Gasteiger partial charge in [-0.3, -0.25) is 0 Å². The second-order valence-corrected chi connectivity index (χ2v) is 3.13. The standard InChI is InChI=1S/C7H10F3NO2/c8-6(2-1-3-11-4-6)7(9,10)5(12)13/h11H,1-4H2,(H,12,13). The van der Waals surface area contributed by atoms with Gasteiger partial charge in [0.05, 0.1) is 0 Å². The Bertz CT molecular complexity index is 214. The minimum atomic E-state index is -4.31. The summed E-state index contributed by atoms with van der Waals surface area (Å²) < 4.78 is 39.0. The molecule has 1 aliphatic rings. The number of carbonyl (C=O) groups is 1. The average molecular weight is 197 g/mol. The lowest BCUT2D eigenvalue weighted by Gasteiger charge is -2.34. The molecule has 0 aliphatic carbocycles. The molecule has 1 saturated heterocycles. The summed E-state index contributed by atoms with van der Waals surface area (Å²) >= 11 is 0. The molecule has 0 aromatic heterocycles. The van der Waals surface area contributed by atoms with Crippen LogP contribution in [0.4, 0.5) is 13.2 Å². The summed E-state index contributed by atoms with van der Waals surface area (Å²) in [7, 11) is 0. The van der Waals surface area contributed by atoms with E-state index < -0.39 is 30.5 Å². The third-order valence-corrected chi connectivity index (χ3v) is 2.16. The average Bonchev–Trinajstić information content (AvgIpc) is 2.05. The van der Waals surface area contributed by atoms with E-state index in [1.54, 1.807) is 0 Å². The van der Waals surface area contributed by atoms with Crippen LogP contribution < -0.4 is 5.32 Å². The van der Waals surface area contributed by atoms with Crippen LogP contribution in [0.1, 0.15) is 12.8 Å². The Balaban J connectivity index is 2.82. The number of halogens is 3.